The Kier molecular flexibility index (Phi) is 6.50. The average molecular weight is 512 g/mol. The number of rotatable bonds is 6. The van der Waals surface area contributed by atoms with Crippen LogP contribution in [0.5, 0.6) is 5.88 Å². The summed E-state index contributed by atoms with van der Waals surface area (Å²) in [5.41, 5.74) is 1.86. The Morgan fingerprint density at radius 1 is 0.972 bits per heavy atom. The van der Waals surface area contributed by atoms with Crippen molar-refractivity contribution < 1.29 is 21.9 Å². The van der Waals surface area contributed by atoms with Crippen molar-refractivity contribution in [2.45, 2.75) is 28.7 Å². The highest BCUT2D eigenvalue weighted by Gasteiger charge is 2.27. The lowest BCUT2D eigenvalue weighted by Crippen LogP contribution is -2.35. The summed E-state index contributed by atoms with van der Waals surface area (Å²) in [7, 11) is -3.13. The lowest BCUT2D eigenvalue weighted by Gasteiger charge is -2.24. The van der Waals surface area contributed by atoms with E-state index in [4.69, 9.17) is 4.74 Å². The maximum Gasteiger partial charge on any atom is 0.232 e. The molecule has 2 N–H and O–H groups in total. The van der Waals surface area contributed by atoms with Crippen molar-refractivity contribution in [3.05, 3.63) is 66.6 Å². The first-order valence-corrected chi connectivity index (χ1v) is 12.8. The molecule has 0 bridgehead atoms. The van der Waals surface area contributed by atoms with Crippen LogP contribution in [0.25, 0.3) is 22.0 Å². The van der Waals surface area contributed by atoms with Gasteiger partial charge in [-0.05, 0) is 61.8 Å². The van der Waals surface area contributed by atoms with Crippen LogP contribution >= 0.6 is 0 Å². The summed E-state index contributed by atoms with van der Waals surface area (Å²) < 4.78 is 59.5. The van der Waals surface area contributed by atoms with Gasteiger partial charge in [0.2, 0.25) is 15.7 Å². The number of sulfone groups is 1. The molecule has 5 rings (SSSR count). The van der Waals surface area contributed by atoms with E-state index < -0.39 is 26.4 Å². The number of hydrogen-bond donors (Lipinski definition) is 2. The Morgan fingerprint density at radius 2 is 1.78 bits per heavy atom. The van der Waals surface area contributed by atoms with E-state index in [0.29, 0.717) is 23.0 Å². The molecule has 186 valence electrons. The zero-order chi connectivity index (χ0) is 25.3. The van der Waals surface area contributed by atoms with Gasteiger partial charge in [-0.3, -0.25) is 0 Å². The molecule has 2 aromatic carbocycles. The number of nitrogens with one attached hydrogen (secondary N) is 2. The molecule has 1 aliphatic heterocycles. The van der Waals surface area contributed by atoms with Gasteiger partial charge >= 0.3 is 0 Å². The molecule has 1 saturated heterocycles. The number of aromatic nitrogens is 3. The molecule has 0 unspecified atom stereocenters. The van der Waals surface area contributed by atoms with Gasteiger partial charge in [0.25, 0.3) is 0 Å². The molecule has 0 saturated carbocycles. The molecular weight excluding hydrogens is 488 g/mol. The largest absolute Gasteiger partial charge is 0.480 e. The van der Waals surface area contributed by atoms with Crippen LogP contribution in [0.1, 0.15) is 12.8 Å². The van der Waals surface area contributed by atoms with Gasteiger partial charge in [-0.2, -0.15) is 0 Å². The highest BCUT2D eigenvalue weighted by molar-refractivity contribution is 7.91. The highest BCUT2D eigenvalue weighted by Crippen LogP contribution is 2.34. The van der Waals surface area contributed by atoms with Crippen molar-refractivity contribution >= 4 is 26.6 Å². The van der Waals surface area contributed by atoms with Crippen LogP contribution in [0.2, 0.25) is 0 Å². The molecule has 3 heterocycles. The first-order valence-electron chi connectivity index (χ1n) is 11.3. The quantitative estimate of drug-likeness (QED) is 0.375. The number of benzene rings is 2. The van der Waals surface area contributed by atoms with E-state index in [1.54, 1.807) is 6.07 Å². The van der Waals surface area contributed by atoms with Crippen LogP contribution in [0.4, 0.5) is 14.6 Å². The van der Waals surface area contributed by atoms with Crippen molar-refractivity contribution in [3.63, 3.8) is 0 Å². The first kappa shape index (κ1) is 24.0. The van der Waals surface area contributed by atoms with Gasteiger partial charge in [-0.15, -0.1) is 0 Å². The summed E-state index contributed by atoms with van der Waals surface area (Å²) >= 11 is 0. The van der Waals surface area contributed by atoms with Crippen LogP contribution in [-0.4, -0.2) is 49.6 Å². The number of anilines is 1. The van der Waals surface area contributed by atoms with Gasteiger partial charge in [0.15, 0.2) is 0 Å². The van der Waals surface area contributed by atoms with Gasteiger partial charge in [-0.25, -0.2) is 32.2 Å². The number of ether oxygens (including phenoxy) is 1. The molecule has 1 aliphatic rings. The zero-order valence-corrected chi connectivity index (χ0v) is 20.1. The molecule has 1 fully saturated rings. The van der Waals surface area contributed by atoms with Gasteiger partial charge in [0.05, 0.1) is 12.6 Å². The van der Waals surface area contributed by atoms with Crippen molar-refractivity contribution in [2.24, 2.45) is 0 Å². The second-order valence-electron chi connectivity index (χ2n) is 8.43. The molecule has 0 atom stereocenters. The van der Waals surface area contributed by atoms with E-state index in [0.717, 1.165) is 49.0 Å². The van der Waals surface area contributed by atoms with E-state index in [2.05, 4.69) is 25.6 Å². The molecule has 0 amide bonds. The summed E-state index contributed by atoms with van der Waals surface area (Å²) in [6, 6.07) is 9.42. The molecule has 36 heavy (non-hydrogen) atoms. The molecule has 2 aromatic heterocycles. The molecule has 11 heteroatoms. The van der Waals surface area contributed by atoms with Crippen molar-refractivity contribution in [3.8, 4) is 17.0 Å². The van der Waals surface area contributed by atoms with Crippen LogP contribution in [0.3, 0.4) is 0 Å². The Morgan fingerprint density at radius 3 is 2.53 bits per heavy atom. The van der Waals surface area contributed by atoms with Crippen LogP contribution in [0, 0.1) is 11.6 Å². The molecule has 0 aliphatic carbocycles. The smallest absolute Gasteiger partial charge is 0.232 e. The second kappa shape index (κ2) is 9.75. The van der Waals surface area contributed by atoms with E-state index in [1.807, 2.05) is 12.1 Å². The number of nitrogens with zero attached hydrogens (tertiary/aromatic N) is 3. The average Bonchev–Trinajstić information content (AvgIpc) is 2.88. The topological polar surface area (TPSA) is 106 Å². The maximum atomic E-state index is 14.4. The van der Waals surface area contributed by atoms with Gasteiger partial charge in [0.1, 0.15) is 33.6 Å². The predicted octanol–water partition coefficient (Wildman–Crippen LogP) is 3.98. The zero-order valence-electron chi connectivity index (χ0n) is 19.3. The fourth-order valence-electron chi connectivity index (χ4n) is 4.26. The highest BCUT2D eigenvalue weighted by atomic mass is 32.2. The first-order chi connectivity index (χ1) is 17.4. The number of hydrogen-bond acceptors (Lipinski definition) is 8. The van der Waals surface area contributed by atoms with Crippen LogP contribution in [0.15, 0.2) is 64.8 Å². The van der Waals surface area contributed by atoms with Crippen molar-refractivity contribution in [2.75, 3.05) is 25.5 Å². The summed E-state index contributed by atoms with van der Waals surface area (Å²) in [5, 5.41) is 7.60. The van der Waals surface area contributed by atoms with Crippen LogP contribution < -0.4 is 15.4 Å². The van der Waals surface area contributed by atoms with Crippen molar-refractivity contribution in [1.82, 2.24) is 20.3 Å². The Balaban J connectivity index is 1.58. The predicted molar refractivity (Wildman–Crippen MR) is 131 cm³/mol. The number of fused-ring (bicyclic) bond motifs is 1. The molecule has 8 nitrogen and oxygen atoms in total. The van der Waals surface area contributed by atoms with E-state index in [1.165, 1.54) is 25.7 Å². The lowest BCUT2D eigenvalue weighted by molar-refractivity contribution is 0.385. The van der Waals surface area contributed by atoms with E-state index in [9.17, 15) is 17.2 Å². The third-order valence-corrected chi connectivity index (χ3v) is 7.91. The van der Waals surface area contributed by atoms with Gasteiger partial charge < -0.3 is 15.4 Å². The third kappa shape index (κ3) is 4.59. The van der Waals surface area contributed by atoms with E-state index >= 15 is 0 Å². The number of halogens is 2. The fourth-order valence-corrected chi connectivity index (χ4v) is 5.71. The Labute approximate surface area is 206 Å². The molecule has 4 aromatic rings. The van der Waals surface area contributed by atoms with E-state index in [-0.39, 0.29) is 16.8 Å². The minimum absolute atomic E-state index is 0.195. The fraction of sp³-hybridized carbons (Fsp3) is 0.240. The summed E-state index contributed by atoms with van der Waals surface area (Å²) in [5.74, 6) is -1.58. The number of methoxy groups -OCH3 is 1. The van der Waals surface area contributed by atoms with Gasteiger partial charge in [0, 0.05) is 29.3 Å². The maximum absolute atomic E-state index is 14.4. The SMILES string of the molecule is COc1ncc(-c2ccc3ncnc(NC4CCNCC4)c3c2)cc1S(=O)(=O)c1ccc(F)cc1F. The minimum Gasteiger partial charge on any atom is -0.480 e. The standard InChI is InChI=1S/C25H23F2N5O3S/c1-35-25-23(36(33,34)22-5-3-17(26)12-20(22)27)11-16(13-29-25)15-2-4-21-19(10-15)24(31-14-30-21)32-18-6-8-28-9-7-18/h2-5,10-14,18,28H,6-9H2,1H3,(H,30,31,32). The summed E-state index contributed by atoms with van der Waals surface area (Å²) in [4.78, 5) is 11.9. The molecule has 0 radical (unpaired) electrons. The Bertz CT molecular complexity index is 1540. The molecule has 0 spiro atoms. The molecular formula is C25H23F2N5O3S. The van der Waals surface area contributed by atoms with Crippen LogP contribution in [-0.2, 0) is 9.84 Å². The summed E-state index contributed by atoms with van der Waals surface area (Å²) in [6.07, 6.45) is 4.91. The number of pyridine rings is 1. The lowest BCUT2D eigenvalue weighted by atomic mass is 10.0. The monoisotopic (exact) mass is 511 g/mol. The minimum atomic E-state index is -4.40. The summed E-state index contributed by atoms with van der Waals surface area (Å²) in [6.45, 7) is 1.85. The Hall–Kier alpha value is -3.70. The normalized spacial score (nSPS) is 14.6. The second-order valence-corrected chi connectivity index (χ2v) is 10.3. The number of piperidine rings is 1. The van der Waals surface area contributed by atoms with Crippen molar-refractivity contribution in [1.29, 1.82) is 0 Å². The van der Waals surface area contributed by atoms with Gasteiger partial charge in [-0.1, -0.05) is 6.07 Å². The third-order valence-electron chi connectivity index (χ3n) is 6.13.